The molecule has 0 saturated heterocycles. The van der Waals surface area contributed by atoms with Gasteiger partial charge in [0.05, 0.1) is 13.0 Å². The molecule has 0 saturated carbocycles. The van der Waals surface area contributed by atoms with E-state index in [0.717, 1.165) is 0 Å². The number of alkyl halides is 3. The third kappa shape index (κ3) is 14.5. The van der Waals surface area contributed by atoms with Gasteiger partial charge in [0.15, 0.2) is 5.96 Å². The number of guanidine groups is 1. The van der Waals surface area contributed by atoms with Gasteiger partial charge < -0.3 is 48.3 Å². The Labute approximate surface area is 253 Å². The van der Waals surface area contributed by atoms with E-state index in [-0.39, 0.29) is 31.0 Å². The molecule has 1 aromatic carbocycles. The highest BCUT2D eigenvalue weighted by Crippen LogP contribution is 2.13. The highest BCUT2D eigenvalue weighted by Gasteiger charge is 2.38. The van der Waals surface area contributed by atoms with Crippen LogP contribution in [0.15, 0.2) is 29.3 Å². The van der Waals surface area contributed by atoms with Gasteiger partial charge in [0.2, 0.25) is 23.6 Å². The van der Waals surface area contributed by atoms with Crippen LogP contribution >= 0.6 is 0 Å². The highest BCUT2D eigenvalue weighted by molar-refractivity contribution is 5.99. The van der Waals surface area contributed by atoms with Crippen molar-refractivity contribution in [3.05, 3.63) is 35.4 Å². The lowest BCUT2D eigenvalue weighted by atomic mass is 10.1. The van der Waals surface area contributed by atoms with Gasteiger partial charge in [-0.25, -0.2) is 4.79 Å². The SMILES string of the molecule is CC1NC(=O)c2cccc(c2)CNC(=O)C(CC(=O)O)NC(=O)CNC(=O)C(CCCN=C(N)N)NC1=O.O=C(O)C(F)(F)F. The van der Waals surface area contributed by atoms with E-state index in [2.05, 4.69) is 31.6 Å². The minimum atomic E-state index is -5.08. The number of hydrogen-bond donors (Lipinski definition) is 9. The van der Waals surface area contributed by atoms with Crippen LogP contribution in [0.3, 0.4) is 0 Å². The molecule has 1 heterocycles. The molecule has 0 aliphatic carbocycles. The Morgan fingerprint density at radius 2 is 1.53 bits per heavy atom. The molecule has 0 spiro atoms. The number of carboxylic acid groups (broad SMARTS) is 2. The molecule has 0 aromatic heterocycles. The van der Waals surface area contributed by atoms with Gasteiger partial charge >= 0.3 is 18.1 Å². The molecule has 1 aliphatic rings. The first-order chi connectivity index (χ1) is 20.9. The number of nitrogens with zero attached hydrogens (tertiary/aromatic N) is 1. The van der Waals surface area contributed by atoms with Crippen molar-refractivity contribution < 1.29 is 56.9 Å². The maximum atomic E-state index is 12.8. The zero-order valence-electron chi connectivity index (χ0n) is 23.8. The fourth-order valence-corrected chi connectivity index (χ4v) is 3.47. The van der Waals surface area contributed by atoms with E-state index in [9.17, 15) is 41.9 Å². The monoisotopic (exact) mass is 646 g/mol. The van der Waals surface area contributed by atoms with Gasteiger partial charge in [0, 0.05) is 18.7 Å². The molecule has 2 bridgehead atoms. The fraction of sp³-hybridized carbons (Fsp3) is 0.440. The largest absolute Gasteiger partial charge is 0.490 e. The summed E-state index contributed by atoms with van der Waals surface area (Å²) in [5.74, 6) is -7.72. The number of carbonyl (C=O) groups is 7. The van der Waals surface area contributed by atoms with Crippen LogP contribution < -0.4 is 38.1 Å². The standard InChI is InChI=1S/C23H32N8O7.C2HF3O2/c1-12-19(35)31-15(6-3-7-26-23(24)25)21(37)28-11-17(32)30-16(9-18(33)34)22(38)27-10-13-4-2-5-14(8-13)20(36)29-12;3-2(4,5)1(6)7/h2,4-5,8,12,15-16H,3,6-7,9-11H2,1H3,(H,27,38)(H,28,37)(H,29,36)(H,30,32)(H,31,35)(H,33,34)(H4,24,25,26);(H,6,7). The molecule has 20 heteroatoms. The number of carbonyl (C=O) groups excluding carboxylic acids is 5. The summed E-state index contributed by atoms with van der Waals surface area (Å²) in [5, 5.41) is 28.5. The lowest BCUT2D eigenvalue weighted by Crippen LogP contribution is -2.55. The second-order valence-electron chi connectivity index (χ2n) is 9.36. The Hall–Kier alpha value is -5.43. The summed E-state index contributed by atoms with van der Waals surface area (Å²) < 4.78 is 31.7. The minimum Gasteiger partial charge on any atom is -0.481 e. The molecule has 0 fully saturated rings. The van der Waals surface area contributed by atoms with Gasteiger partial charge in [-0.2, -0.15) is 13.2 Å². The molecule has 3 unspecified atom stereocenters. The zero-order chi connectivity index (χ0) is 34.3. The van der Waals surface area contributed by atoms with Crippen LogP contribution in [0.25, 0.3) is 0 Å². The molecular weight excluding hydrogens is 613 g/mol. The van der Waals surface area contributed by atoms with Crippen molar-refractivity contribution in [1.82, 2.24) is 26.6 Å². The van der Waals surface area contributed by atoms with Crippen molar-refractivity contribution in [1.29, 1.82) is 0 Å². The molecule has 45 heavy (non-hydrogen) atoms. The summed E-state index contributed by atoms with van der Waals surface area (Å²) >= 11 is 0. The van der Waals surface area contributed by atoms with E-state index < -0.39 is 78.7 Å². The molecule has 2 rings (SSSR count). The Morgan fingerprint density at radius 1 is 0.933 bits per heavy atom. The molecule has 5 amide bonds. The lowest BCUT2D eigenvalue weighted by molar-refractivity contribution is -0.192. The number of aliphatic carboxylic acids is 2. The van der Waals surface area contributed by atoms with Gasteiger partial charge in [0.25, 0.3) is 5.91 Å². The third-order valence-electron chi connectivity index (χ3n) is 5.67. The summed E-state index contributed by atoms with van der Waals surface area (Å²) in [6, 6.07) is 2.68. The molecular formula is C25H33F3N8O9. The molecule has 3 atom stereocenters. The van der Waals surface area contributed by atoms with E-state index in [1.54, 1.807) is 12.1 Å². The van der Waals surface area contributed by atoms with Gasteiger partial charge in [-0.1, -0.05) is 12.1 Å². The number of halogens is 3. The Bertz CT molecular complexity index is 1300. The van der Waals surface area contributed by atoms with Crippen LogP contribution in [-0.2, 0) is 35.3 Å². The Morgan fingerprint density at radius 3 is 2.11 bits per heavy atom. The maximum absolute atomic E-state index is 12.8. The summed E-state index contributed by atoms with van der Waals surface area (Å²) in [6.45, 7) is 0.980. The van der Waals surface area contributed by atoms with Gasteiger partial charge in [-0.05, 0) is 37.5 Å². The molecule has 1 aromatic rings. The molecule has 17 nitrogen and oxygen atoms in total. The molecule has 0 radical (unpaired) electrons. The number of rotatable bonds is 6. The predicted octanol–water partition coefficient (Wildman–Crippen LogP) is -2.32. The van der Waals surface area contributed by atoms with Crippen molar-refractivity contribution >= 4 is 47.4 Å². The van der Waals surface area contributed by atoms with Crippen LogP contribution in [0.2, 0.25) is 0 Å². The quantitative estimate of drug-likeness (QED) is 0.0898. The number of fused-ring (bicyclic) bond motifs is 2. The summed E-state index contributed by atoms with van der Waals surface area (Å²) in [7, 11) is 0. The van der Waals surface area contributed by atoms with E-state index in [1.165, 1.54) is 19.1 Å². The molecule has 1 aliphatic heterocycles. The van der Waals surface area contributed by atoms with E-state index in [4.69, 9.17) is 26.5 Å². The van der Waals surface area contributed by atoms with Crippen molar-refractivity contribution in [2.24, 2.45) is 16.5 Å². The number of hydrogen-bond acceptors (Lipinski definition) is 8. The van der Waals surface area contributed by atoms with E-state index in [1.807, 2.05) is 0 Å². The number of nitrogens with one attached hydrogen (secondary N) is 5. The Balaban J connectivity index is 0.00000129. The minimum absolute atomic E-state index is 0.0553. The van der Waals surface area contributed by atoms with Crippen molar-refractivity contribution in [2.75, 3.05) is 13.1 Å². The number of benzene rings is 1. The van der Waals surface area contributed by atoms with Gasteiger partial charge in [0.1, 0.15) is 18.1 Å². The average molecular weight is 647 g/mol. The second kappa shape index (κ2) is 17.6. The first kappa shape index (κ1) is 37.6. The van der Waals surface area contributed by atoms with Crippen LogP contribution in [0.5, 0.6) is 0 Å². The Kier molecular flexibility index (Phi) is 14.7. The van der Waals surface area contributed by atoms with Gasteiger partial charge in [-0.15, -0.1) is 0 Å². The molecule has 248 valence electrons. The van der Waals surface area contributed by atoms with Crippen LogP contribution in [0, 0.1) is 0 Å². The summed E-state index contributed by atoms with van der Waals surface area (Å²) in [4.78, 5) is 87.2. The van der Waals surface area contributed by atoms with E-state index >= 15 is 0 Å². The smallest absolute Gasteiger partial charge is 0.481 e. The first-order valence-corrected chi connectivity index (χ1v) is 13.0. The lowest BCUT2D eigenvalue weighted by Gasteiger charge is -2.22. The third-order valence-corrected chi connectivity index (χ3v) is 5.67. The van der Waals surface area contributed by atoms with Crippen LogP contribution in [-0.4, -0.2) is 95.0 Å². The average Bonchev–Trinajstić information content (AvgIpc) is 2.94. The van der Waals surface area contributed by atoms with E-state index in [0.29, 0.717) is 12.0 Å². The van der Waals surface area contributed by atoms with Gasteiger partial charge in [-0.3, -0.25) is 33.8 Å². The van der Waals surface area contributed by atoms with Crippen LogP contribution in [0.4, 0.5) is 13.2 Å². The number of amides is 5. The number of carboxylic acids is 2. The molecule has 11 N–H and O–H groups in total. The topological polar surface area (TPSA) is 285 Å². The predicted molar refractivity (Wildman–Crippen MR) is 148 cm³/mol. The van der Waals surface area contributed by atoms with Crippen molar-refractivity contribution in [3.63, 3.8) is 0 Å². The number of nitrogens with two attached hydrogens (primary N) is 2. The van der Waals surface area contributed by atoms with Crippen LogP contribution in [0.1, 0.15) is 42.1 Å². The summed E-state index contributed by atoms with van der Waals surface area (Å²) in [5.41, 5.74) is 11.3. The fourth-order valence-electron chi connectivity index (χ4n) is 3.47. The zero-order valence-corrected chi connectivity index (χ0v) is 23.8. The maximum Gasteiger partial charge on any atom is 0.490 e. The van der Waals surface area contributed by atoms with Crippen molar-refractivity contribution in [2.45, 2.75) is 57.0 Å². The normalized spacial score (nSPS) is 19.8. The second-order valence-corrected chi connectivity index (χ2v) is 9.36. The first-order valence-electron chi connectivity index (χ1n) is 13.0. The highest BCUT2D eigenvalue weighted by atomic mass is 19.4. The van der Waals surface area contributed by atoms with Crippen molar-refractivity contribution in [3.8, 4) is 0 Å². The number of aliphatic imine (C=N–C) groups is 1. The summed E-state index contributed by atoms with van der Waals surface area (Å²) in [6.07, 6.45) is -5.38.